The van der Waals surface area contributed by atoms with Crippen LogP contribution in [0.5, 0.6) is 0 Å². The fourth-order valence-electron chi connectivity index (χ4n) is 1.30. The number of carbonyl (C=O) groups excluding carboxylic acids is 1. The molecule has 0 unspecified atom stereocenters. The lowest BCUT2D eigenvalue weighted by Gasteiger charge is -2.06. The highest BCUT2D eigenvalue weighted by molar-refractivity contribution is 7.90. The summed E-state index contributed by atoms with van der Waals surface area (Å²) in [5.74, 6) is -1.80. The van der Waals surface area contributed by atoms with Crippen LogP contribution in [0.25, 0.3) is 0 Å². The maximum Gasteiger partial charge on any atom is 0.294 e. The van der Waals surface area contributed by atoms with Crippen LogP contribution in [0.2, 0.25) is 0 Å². The molecule has 0 bridgehead atoms. The molecule has 1 amide bonds. The number of carbonyl (C=O) groups is 1. The summed E-state index contributed by atoms with van der Waals surface area (Å²) in [4.78, 5) is 20.7. The second-order valence-electron chi connectivity index (χ2n) is 3.61. The first-order valence-electron chi connectivity index (χ1n) is 5.17. The number of halogens is 1. The normalized spacial score (nSPS) is 10.7. The molecule has 0 spiro atoms. The summed E-state index contributed by atoms with van der Waals surface area (Å²) < 4.78 is 26.5. The number of anilines is 1. The molecule has 5 N–H and O–H groups in total. The number of rotatable bonds is 5. The van der Waals surface area contributed by atoms with Crippen molar-refractivity contribution in [3.8, 4) is 0 Å². The number of nitro benzene ring substituents is 1. The number of alkyl halides is 1. The van der Waals surface area contributed by atoms with Crippen molar-refractivity contribution in [2.24, 2.45) is 15.9 Å². The van der Waals surface area contributed by atoms with Gasteiger partial charge in [-0.2, -0.15) is 8.42 Å². The van der Waals surface area contributed by atoms with E-state index in [4.69, 9.17) is 23.1 Å². The van der Waals surface area contributed by atoms with Gasteiger partial charge >= 0.3 is 0 Å². The summed E-state index contributed by atoms with van der Waals surface area (Å²) in [6, 6.07) is 2.78. The smallest absolute Gasteiger partial charge is 0.294 e. The minimum Gasteiger partial charge on any atom is -0.369 e. The summed E-state index contributed by atoms with van der Waals surface area (Å²) in [6.07, 6.45) is 0. The van der Waals surface area contributed by atoms with E-state index in [9.17, 15) is 23.3 Å². The lowest BCUT2D eigenvalue weighted by Crippen LogP contribution is -2.24. The molecule has 0 saturated carbocycles. The number of hydrogen-bond acceptors (Lipinski definition) is 5. The van der Waals surface area contributed by atoms with E-state index in [1.54, 1.807) is 0 Å². The third-order valence-corrected chi connectivity index (χ3v) is 3.63. The van der Waals surface area contributed by atoms with E-state index in [1.807, 2.05) is 0 Å². The maximum absolute atomic E-state index is 11.7. The van der Waals surface area contributed by atoms with Crippen molar-refractivity contribution in [2.75, 3.05) is 11.2 Å². The van der Waals surface area contributed by atoms with Crippen molar-refractivity contribution in [3.63, 3.8) is 0 Å². The van der Waals surface area contributed by atoms with Gasteiger partial charge in [-0.1, -0.05) is 0 Å². The first kappa shape index (κ1) is 16.7. The number of guanidine groups is 1. The van der Waals surface area contributed by atoms with E-state index >= 15 is 0 Å². The van der Waals surface area contributed by atoms with Gasteiger partial charge in [-0.05, 0) is 12.1 Å². The molecule has 0 aliphatic carbocycles. The highest BCUT2D eigenvalue weighted by atomic mass is 35.5. The molecule has 21 heavy (non-hydrogen) atoms. The van der Waals surface area contributed by atoms with Crippen LogP contribution in [-0.4, -0.2) is 31.1 Å². The summed E-state index contributed by atoms with van der Waals surface area (Å²) in [5.41, 5.74) is 9.10. The predicted octanol–water partition coefficient (Wildman–Crippen LogP) is -0.266. The summed E-state index contributed by atoms with van der Waals surface area (Å²) in [7, 11) is -4.27. The molecule has 0 atom stereocenters. The number of nitrogens with two attached hydrogens (primary N) is 2. The van der Waals surface area contributed by atoms with Crippen LogP contribution in [-0.2, 0) is 14.8 Å². The number of hydrogen-bond donors (Lipinski definition) is 3. The maximum atomic E-state index is 11.7. The van der Waals surface area contributed by atoms with Gasteiger partial charge in [0.2, 0.25) is 11.9 Å². The zero-order valence-electron chi connectivity index (χ0n) is 10.3. The van der Waals surface area contributed by atoms with Crippen molar-refractivity contribution in [1.29, 1.82) is 0 Å². The summed E-state index contributed by atoms with van der Waals surface area (Å²) in [6.45, 7) is 0. The standard InChI is InChI=1S/C9H10ClN5O5S/c10-4-8(16)13-6-2-1-5(3-7(6)15(17)18)21(19,20)14-9(11)12/h1-3H,4H2,(H,13,16)(H4,11,12,14). The van der Waals surface area contributed by atoms with E-state index in [0.717, 1.165) is 18.2 Å². The monoisotopic (exact) mass is 335 g/mol. The van der Waals surface area contributed by atoms with Gasteiger partial charge in [0.05, 0.1) is 9.82 Å². The van der Waals surface area contributed by atoms with Crippen LogP contribution >= 0.6 is 11.6 Å². The molecular weight excluding hydrogens is 326 g/mol. The lowest BCUT2D eigenvalue weighted by molar-refractivity contribution is -0.384. The Kier molecular flexibility index (Phi) is 5.05. The minimum absolute atomic E-state index is 0.200. The number of nitrogens with zero attached hydrogens (tertiary/aromatic N) is 2. The molecule has 10 nitrogen and oxygen atoms in total. The van der Waals surface area contributed by atoms with Gasteiger partial charge in [-0.15, -0.1) is 16.0 Å². The second-order valence-corrected chi connectivity index (χ2v) is 5.48. The SMILES string of the molecule is NC(N)=NS(=O)(=O)c1ccc(NC(=O)CCl)c([N+](=O)[O-])c1. The quantitative estimate of drug-likeness (QED) is 0.218. The predicted molar refractivity (Wildman–Crippen MR) is 75.4 cm³/mol. The number of benzene rings is 1. The topological polar surface area (TPSA) is 171 Å². The van der Waals surface area contributed by atoms with Crippen LogP contribution in [0.15, 0.2) is 27.5 Å². The number of nitrogens with one attached hydrogen (secondary N) is 1. The van der Waals surface area contributed by atoms with Gasteiger partial charge in [0.1, 0.15) is 11.6 Å². The molecule has 0 saturated heterocycles. The zero-order valence-corrected chi connectivity index (χ0v) is 11.9. The third kappa shape index (κ3) is 4.29. The molecule has 1 aromatic carbocycles. The summed E-state index contributed by atoms with van der Waals surface area (Å²) in [5, 5.41) is 13.1. The molecule has 0 aliphatic rings. The van der Waals surface area contributed by atoms with Gasteiger partial charge < -0.3 is 16.8 Å². The Balaban J connectivity index is 3.37. The Morgan fingerprint density at radius 3 is 2.52 bits per heavy atom. The largest absolute Gasteiger partial charge is 0.369 e. The Hall–Kier alpha value is -2.40. The Morgan fingerprint density at radius 2 is 2.05 bits per heavy atom. The third-order valence-electron chi connectivity index (χ3n) is 2.08. The molecule has 0 aromatic heterocycles. The minimum atomic E-state index is -4.27. The van der Waals surface area contributed by atoms with Gasteiger partial charge in [0, 0.05) is 6.07 Å². The van der Waals surface area contributed by atoms with E-state index < -0.39 is 43.3 Å². The van der Waals surface area contributed by atoms with Crippen molar-refractivity contribution in [1.82, 2.24) is 0 Å². The first-order valence-corrected chi connectivity index (χ1v) is 7.15. The van der Waals surface area contributed by atoms with Crippen molar-refractivity contribution >= 4 is 44.9 Å². The Morgan fingerprint density at radius 1 is 1.43 bits per heavy atom. The van der Waals surface area contributed by atoms with E-state index in [0.29, 0.717) is 0 Å². The molecular formula is C9H10ClN5O5S. The molecule has 0 radical (unpaired) electrons. The molecule has 0 aliphatic heterocycles. The van der Waals surface area contributed by atoms with E-state index in [1.165, 1.54) is 0 Å². The summed E-state index contributed by atoms with van der Waals surface area (Å²) >= 11 is 5.27. The number of sulfonamides is 1. The van der Waals surface area contributed by atoms with Crippen LogP contribution in [0.4, 0.5) is 11.4 Å². The van der Waals surface area contributed by atoms with Crippen LogP contribution in [0.1, 0.15) is 0 Å². The van der Waals surface area contributed by atoms with Gasteiger partial charge in [-0.25, -0.2) is 0 Å². The Bertz CT molecular complexity index is 713. The molecule has 12 heteroatoms. The lowest BCUT2D eigenvalue weighted by atomic mass is 10.2. The van der Waals surface area contributed by atoms with Crippen molar-refractivity contribution in [3.05, 3.63) is 28.3 Å². The number of nitro groups is 1. The van der Waals surface area contributed by atoms with Crippen LogP contribution in [0, 0.1) is 10.1 Å². The van der Waals surface area contributed by atoms with Gasteiger partial charge in [0.15, 0.2) is 0 Å². The van der Waals surface area contributed by atoms with Crippen LogP contribution < -0.4 is 16.8 Å². The van der Waals surface area contributed by atoms with Crippen molar-refractivity contribution < 1.29 is 18.1 Å². The van der Waals surface area contributed by atoms with Gasteiger partial charge in [0.25, 0.3) is 15.7 Å². The van der Waals surface area contributed by atoms with Crippen LogP contribution in [0.3, 0.4) is 0 Å². The molecule has 0 fully saturated rings. The van der Waals surface area contributed by atoms with E-state index in [2.05, 4.69) is 9.71 Å². The average Bonchev–Trinajstić information content (AvgIpc) is 2.36. The van der Waals surface area contributed by atoms with Crippen molar-refractivity contribution in [2.45, 2.75) is 4.90 Å². The molecule has 114 valence electrons. The van der Waals surface area contributed by atoms with Gasteiger partial charge in [-0.3, -0.25) is 14.9 Å². The first-order chi connectivity index (χ1) is 9.67. The zero-order chi connectivity index (χ0) is 16.2. The molecule has 1 aromatic rings. The molecule has 0 heterocycles. The average molecular weight is 336 g/mol. The van der Waals surface area contributed by atoms with E-state index in [-0.39, 0.29) is 5.69 Å². The Labute approximate surface area is 124 Å². The highest BCUT2D eigenvalue weighted by Gasteiger charge is 2.22. The molecule has 1 rings (SSSR count). The highest BCUT2D eigenvalue weighted by Crippen LogP contribution is 2.28. The fourth-order valence-corrected chi connectivity index (χ4v) is 2.25. The number of amides is 1. The fraction of sp³-hybridized carbons (Fsp3) is 0.111. The second kappa shape index (κ2) is 6.37.